The first-order valence-corrected chi connectivity index (χ1v) is 16.5. The van der Waals surface area contributed by atoms with Gasteiger partial charge in [0.2, 0.25) is 11.8 Å². The number of halogens is 1. The molecule has 4 rings (SSSR count). The van der Waals surface area contributed by atoms with Crippen molar-refractivity contribution in [1.29, 1.82) is 0 Å². The number of ether oxygens (including phenoxy) is 1. The first kappa shape index (κ1) is 32.4. The molecule has 2 amide bonds. The van der Waals surface area contributed by atoms with Crippen LogP contribution in [0.4, 0.5) is 5.69 Å². The molecule has 0 saturated heterocycles. The summed E-state index contributed by atoms with van der Waals surface area (Å²) in [6.07, 6.45) is 5.49. The molecule has 230 valence electrons. The summed E-state index contributed by atoms with van der Waals surface area (Å²) in [6.45, 7) is 3.48. The lowest BCUT2D eigenvalue weighted by molar-refractivity contribution is -0.140. The van der Waals surface area contributed by atoms with Crippen molar-refractivity contribution in [2.24, 2.45) is 0 Å². The number of hydrogen-bond acceptors (Lipinski definition) is 5. The molecular weight excluding hydrogens is 586 g/mol. The van der Waals surface area contributed by atoms with Crippen LogP contribution in [0.15, 0.2) is 77.7 Å². The molecule has 1 saturated carbocycles. The molecule has 1 fully saturated rings. The minimum absolute atomic E-state index is 0.00332. The number of benzene rings is 3. The smallest absolute Gasteiger partial charge is 0.264 e. The van der Waals surface area contributed by atoms with E-state index in [1.165, 1.54) is 24.1 Å². The molecule has 1 atom stereocenters. The number of hydrogen-bond donors (Lipinski definition) is 1. The average Bonchev–Trinajstić information content (AvgIpc) is 3.01. The van der Waals surface area contributed by atoms with E-state index < -0.39 is 28.5 Å². The molecule has 1 N–H and O–H groups in total. The minimum Gasteiger partial charge on any atom is -0.497 e. The molecular formula is C33H40ClN3O5S. The third kappa shape index (κ3) is 8.09. The highest BCUT2D eigenvalue weighted by atomic mass is 35.5. The van der Waals surface area contributed by atoms with Crippen LogP contribution >= 0.6 is 11.6 Å². The van der Waals surface area contributed by atoms with Gasteiger partial charge in [0, 0.05) is 17.6 Å². The minimum atomic E-state index is -4.19. The van der Waals surface area contributed by atoms with Crippen LogP contribution in [-0.2, 0) is 26.2 Å². The van der Waals surface area contributed by atoms with Gasteiger partial charge in [-0.1, -0.05) is 62.1 Å². The van der Waals surface area contributed by atoms with Crippen LogP contribution in [0.3, 0.4) is 0 Å². The quantitative estimate of drug-likeness (QED) is 0.262. The number of nitrogens with one attached hydrogen (secondary N) is 1. The van der Waals surface area contributed by atoms with Crippen LogP contribution in [0, 0.1) is 6.92 Å². The second-order valence-corrected chi connectivity index (χ2v) is 13.2. The van der Waals surface area contributed by atoms with Crippen LogP contribution in [0.25, 0.3) is 0 Å². The molecule has 0 heterocycles. The molecule has 10 heteroatoms. The van der Waals surface area contributed by atoms with Crippen molar-refractivity contribution in [2.45, 2.75) is 75.9 Å². The molecule has 0 aromatic heterocycles. The van der Waals surface area contributed by atoms with E-state index in [0.29, 0.717) is 17.2 Å². The van der Waals surface area contributed by atoms with E-state index in [4.69, 9.17) is 16.3 Å². The van der Waals surface area contributed by atoms with Gasteiger partial charge in [0.15, 0.2) is 0 Å². The van der Waals surface area contributed by atoms with Gasteiger partial charge in [-0.2, -0.15) is 0 Å². The van der Waals surface area contributed by atoms with E-state index in [1.807, 2.05) is 38.1 Å². The molecule has 0 bridgehead atoms. The summed E-state index contributed by atoms with van der Waals surface area (Å²) in [5, 5.41) is 3.61. The summed E-state index contributed by atoms with van der Waals surface area (Å²) < 4.78 is 34.3. The number of nitrogens with zero attached hydrogens (tertiary/aromatic N) is 2. The van der Waals surface area contributed by atoms with Gasteiger partial charge >= 0.3 is 0 Å². The van der Waals surface area contributed by atoms with Gasteiger partial charge in [-0.15, -0.1) is 0 Å². The summed E-state index contributed by atoms with van der Waals surface area (Å²) in [4.78, 5) is 29.5. The third-order valence-electron chi connectivity index (χ3n) is 7.98. The van der Waals surface area contributed by atoms with Crippen molar-refractivity contribution >= 4 is 39.1 Å². The Bertz CT molecular complexity index is 1490. The number of carbonyl (C=O) groups excluding carboxylic acids is 2. The highest BCUT2D eigenvalue weighted by molar-refractivity contribution is 7.92. The van der Waals surface area contributed by atoms with E-state index in [-0.39, 0.29) is 29.1 Å². The SMILES string of the molecule is CC[C@@H](C(=O)NC1CCCCC1)N(Cc1ccccc1C)C(=O)CN(c1ccc(Cl)cc1)S(=O)(=O)c1ccc(OC)cc1. The first-order valence-electron chi connectivity index (χ1n) is 14.7. The number of sulfonamides is 1. The summed E-state index contributed by atoms with van der Waals surface area (Å²) in [5.41, 5.74) is 2.14. The van der Waals surface area contributed by atoms with Crippen LogP contribution in [0.1, 0.15) is 56.6 Å². The van der Waals surface area contributed by atoms with Crippen molar-refractivity contribution in [3.05, 3.63) is 88.9 Å². The van der Waals surface area contributed by atoms with Crippen molar-refractivity contribution < 1.29 is 22.7 Å². The van der Waals surface area contributed by atoms with Gasteiger partial charge in [-0.25, -0.2) is 8.42 Å². The molecule has 0 aliphatic heterocycles. The van der Waals surface area contributed by atoms with Gasteiger partial charge in [-0.05, 0) is 85.8 Å². The van der Waals surface area contributed by atoms with Gasteiger partial charge < -0.3 is 15.0 Å². The molecule has 3 aromatic rings. The van der Waals surface area contributed by atoms with Crippen LogP contribution in [0.5, 0.6) is 5.75 Å². The van der Waals surface area contributed by atoms with E-state index in [2.05, 4.69) is 5.32 Å². The van der Waals surface area contributed by atoms with Crippen molar-refractivity contribution in [2.75, 3.05) is 18.0 Å². The Kier molecular flexibility index (Phi) is 11.1. The normalized spacial score (nSPS) is 14.5. The summed E-state index contributed by atoms with van der Waals surface area (Å²) in [6, 6.07) is 19.3. The number of methoxy groups -OCH3 is 1. The molecule has 0 radical (unpaired) electrons. The van der Waals surface area contributed by atoms with Crippen molar-refractivity contribution in [3.63, 3.8) is 0 Å². The molecule has 8 nitrogen and oxygen atoms in total. The van der Waals surface area contributed by atoms with Crippen LogP contribution < -0.4 is 14.4 Å². The van der Waals surface area contributed by atoms with E-state index in [0.717, 1.165) is 47.5 Å². The third-order valence-corrected chi connectivity index (χ3v) is 10.0. The Morgan fingerprint density at radius 3 is 2.23 bits per heavy atom. The van der Waals surface area contributed by atoms with Gasteiger partial charge in [0.1, 0.15) is 18.3 Å². The number of carbonyl (C=O) groups is 2. The zero-order valence-corrected chi connectivity index (χ0v) is 26.5. The van der Waals surface area contributed by atoms with Gasteiger partial charge in [-0.3, -0.25) is 13.9 Å². The number of anilines is 1. The Morgan fingerprint density at radius 2 is 1.63 bits per heavy atom. The monoisotopic (exact) mass is 625 g/mol. The Labute approximate surface area is 260 Å². The first-order chi connectivity index (χ1) is 20.6. The van der Waals surface area contributed by atoms with Crippen molar-refractivity contribution in [1.82, 2.24) is 10.2 Å². The average molecular weight is 626 g/mol. The summed E-state index contributed by atoms with van der Waals surface area (Å²) in [5.74, 6) is -0.194. The largest absolute Gasteiger partial charge is 0.497 e. The lowest BCUT2D eigenvalue weighted by atomic mass is 9.95. The van der Waals surface area contributed by atoms with Crippen molar-refractivity contribution in [3.8, 4) is 5.75 Å². The molecule has 3 aromatic carbocycles. The predicted octanol–water partition coefficient (Wildman–Crippen LogP) is 6.11. The maximum Gasteiger partial charge on any atom is 0.264 e. The number of amides is 2. The number of rotatable bonds is 12. The van der Waals surface area contributed by atoms with Crippen LogP contribution in [-0.4, -0.2) is 50.9 Å². The lowest BCUT2D eigenvalue weighted by Gasteiger charge is -2.34. The van der Waals surface area contributed by atoms with Crippen LogP contribution in [0.2, 0.25) is 5.02 Å². The topological polar surface area (TPSA) is 96.0 Å². The van der Waals surface area contributed by atoms with E-state index in [9.17, 15) is 18.0 Å². The Balaban J connectivity index is 1.71. The maximum absolute atomic E-state index is 14.3. The summed E-state index contributed by atoms with van der Waals surface area (Å²) in [7, 11) is -2.69. The highest BCUT2D eigenvalue weighted by Gasteiger charge is 2.34. The Morgan fingerprint density at radius 1 is 0.977 bits per heavy atom. The Hall–Kier alpha value is -3.56. The zero-order chi connectivity index (χ0) is 31.0. The van der Waals surface area contributed by atoms with Gasteiger partial charge in [0.05, 0.1) is 17.7 Å². The molecule has 1 aliphatic carbocycles. The summed E-state index contributed by atoms with van der Waals surface area (Å²) >= 11 is 6.12. The fourth-order valence-electron chi connectivity index (χ4n) is 5.45. The fraction of sp³-hybridized carbons (Fsp3) is 0.394. The van der Waals surface area contributed by atoms with E-state index >= 15 is 0 Å². The molecule has 1 aliphatic rings. The highest BCUT2D eigenvalue weighted by Crippen LogP contribution is 2.28. The number of aryl methyl sites for hydroxylation is 1. The lowest BCUT2D eigenvalue weighted by Crippen LogP contribution is -2.54. The fourth-order valence-corrected chi connectivity index (χ4v) is 6.99. The van der Waals surface area contributed by atoms with Gasteiger partial charge in [0.25, 0.3) is 10.0 Å². The second kappa shape index (κ2) is 14.8. The molecule has 0 spiro atoms. The predicted molar refractivity (Wildman–Crippen MR) is 170 cm³/mol. The maximum atomic E-state index is 14.3. The molecule has 0 unspecified atom stereocenters. The second-order valence-electron chi connectivity index (χ2n) is 10.9. The standard InChI is InChI=1S/C33H40ClN3O5S/c1-4-31(33(39)35-27-12-6-5-7-13-27)36(22-25-11-9-8-10-24(25)2)32(38)23-37(28-16-14-26(34)15-17-28)43(40,41)30-20-18-29(42-3)19-21-30/h8-11,14-21,27,31H,4-7,12-13,22-23H2,1-3H3,(H,35,39)/t31-/m0/s1. The van der Waals surface area contributed by atoms with E-state index in [1.54, 1.807) is 36.4 Å². The zero-order valence-electron chi connectivity index (χ0n) is 25.0. The molecule has 43 heavy (non-hydrogen) atoms.